The minimum absolute atomic E-state index is 0.731. The molecule has 0 aliphatic heterocycles. The number of nitrogens with one attached hydrogen (secondary N) is 1. The standard InChI is InChI=1S/C19H32ClN/c1-3-5-6-7-8-9-11-18(16-21-4-2)14-17-12-10-13-19(20)15-17/h10,12-13,15,18,21H,3-9,11,14,16H2,1-2H3. The van der Waals surface area contributed by atoms with Crippen molar-refractivity contribution in [2.45, 2.75) is 65.2 Å². The lowest BCUT2D eigenvalue weighted by Gasteiger charge is -2.17. The molecule has 0 radical (unpaired) electrons. The van der Waals surface area contributed by atoms with E-state index in [2.05, 4.69) is 37.4 Å². The SMILES string of the molecule is CCCCCCCCC(CNCC)Cc1cccc(Cl)c1. The van der Waals surface area contributed by atoms with E-state index < -0.39 is 0 Å². The third kappa shape index (κ3) is 9.16. The van der Waals surface area contributed by atoms with Crippen molar-refractivity contribution in [3.8, 4) is 0 Å². The van der Waals surface area contributed by atoms with Crippen molar-refractivity contribution in [1.82, 2.24) is 5.32 Å². The summed E-state index contributed by atoms with van der Waals surface area (Å²) in [6.45, 7) is 6.64. The Morgan fingerprint density at radius 2 is 1.81 bits per heavy atom. The van der Waals surface area contributed by atoms with Crippen LogP contribution in [0, 0.1) is 5.92 Å². The van der Waals surface area contributed by atoms with E-state index in [1.54, 1.807) is 0 Å². The number of hydrogen-bond acceptors (Lipinski definition) is 1. The molecule has 0 aliphatic carbocycles. The van der Waals surface area contributed by atoms with Gasteiger partial charge in [0.25, 0.3) is 0 Å². The molecule has 1 unspecified atom stereocenters. The number of unbranched alkanes of at least 4 members (excludes halogenated alkanes) is 5. The van der Waals surface area contributed by atoms with E-state index >= 15 is 0 Å². The number of benzene rings is 1. The molecule has 120 valence electrons. The summed E-state index contributed by atoms with van der Waals surface area (Å²) in [6.07, 6.45) is 10.7. The monoisotopic (exact) mass is 309 g/mol. The highest BCUT2D eigenvalue weighted by Crippen LogP contribution is 2.19. The van der Waals surface area contributed by atoms with Gasteiger partial charge < -0.3 is 5.32 Å². The van der Waals surface area contributed by atoms with Crippen LogP contribution in [-0.2, 0) is 6.42 Å². The average Bonchev–Trinajstić information content (AvgIpc) is 2.48. The number of rotatable bonds is 12. The van der Waals surface area contributed by atoms with E-state index in [0.717, 1.165) is 30.5 Å². The van der Waals surface area contributed by atoms with Gasteiger partial charge in [-0.3, -0.25) is 0 Å². The highest BCUT2D eigenvalue weighted by molar-refractivity contribution is 6.30. The van der Waals surface area contributed by atoms with Crippen LogP contribution in [-0.4, -0.2) is 13.1 Å². The largest absolute Gasteiger partial charge is 0.317 e. The Kier molecular flexibility index (Phi) is 10.6. The van der Waals surface area contributed by atoms with Crippen LogP contribution in [0.3, 0.4) is 0 Å². The molecule has 0 spiro atoms. The normalized spacial score (nSPS) is 12.5. The van der Waals surface area contributed by atoms with Gasteiger partial charge >= 0.3 is 0 Å². The molecule has 1 aromatic rings. The van der Waals surface area contributed by atoms with Crippen LogP contribution in [0.5, 0.6) is 0 Å². The Balaban J connectivity index is 2.33. The molecule has 0 saturated carbocycles. The van der Waals surface area contributed by atoms with Gasteiger partial charge in [0.05, 0.1) is 0 Å². The maximum Gasteiger partial charge on any atom is 0.0408 e. The molecule has 2 heteroatoms. The summed E-state index contributed by atoms with van der Waals surface area (Å²) >= 11 is 6.09. The van der Waals surface area contributed by atoms with Crippen LogP contribution in [0.25, 0.3) is 0 Å². The van der Waals surface area contributed by atoms with Crippen LogP contribution < -0.4 is 5.32 Å². The molecule has 0 amide bonds. The van der Waals surface area contributed by atoms with Crippen molar-refractivity contribution in [3.63, 3.8) is 0 Å². The summed E-state index contributed by atoms with van der Waals surface area (Å²) in [6, 6.07) is 8.33. The fourth-order valence-electron chi connectivity index (χ4n) is 2.84. The van der Waals surface area contributed by atoms with E-state index in [9.17, 15) is 0 Å². The summed E-state index contributed by atoms with van der Waals surface area (Å²) in [7, 11) is 0. The molecule has 1 aromatic carbocycles. The third-order valence-electron chi connectivity index (χ3n) is 4.06. The summed E-state index contributed by atoms with van der Waals surface area (Å²) in [5.74, 6) is 0.731. The average molecular weight is 310 g/mol. The summed E-state index contributed by atoms with van der Waals surface area (Å²) in [4.78, 5) is 0. The lowest BCUT2D eigenvalue weighted by Crippen LogP contribution is -2.24. The van der Waals surface area contributed by atoms with Crippen LogP contribution in [0.4, 0.5) is 0 Å². The highest BCUT2D eigenvalue weighted by Gasteiger charge is 2.09. The predicted molar refractivity (Wildman–Crippen MR) is 95.2 cm³/mol. The first-order chi connectivity index (χ1) is 10.3. The zero-order valence-corrected chi connectivity index (χ0v) is 14.6. The zero-order chi connectivity index (χ0) is 15.3. The zero-order valence-electron chi connectivity index (χ0n) is 13.8. The van der Waals surface area contributed by atoms with Gasteiger partial charge in [-0.1, -0.05) is 76.1 Å². The van der Waals surface area contributed by atoms with Gasteiger partial charge in [-0.25, -0.2) is 0 Å². The smallest absolute Gasteiger partial charge is 0.0408 e. The van der Waals surface area contributed by atoms with E-state index in [0.29, 0.717) is 0 Å². The minimum atomic E-state index is 0.731. The third-order valence-corrected chi connectivity index (χ3v) is 4.30. The number of hydrogen-bond donors (Lipinski definition) is 1. The van der Waals surface area contributed by atoms with Gasteiger partial charge in [0.15, 0.2) is 0 Å². The first-order valence-corrected chi connectivity index (χ1v) is 9.09. The Hall–Kier alpha value is -0.530. The van der Waals surface area contributed by atoms with E-state index in [-0.39, 0.29) is 0 Å². The fraction of sp³-hybridized carbons (Fsp3) is 0.684. The summed E-state index contributed by atoms with van der Waals surface area (Å²) < 4.78 is 0. The second-order valence-corrected chi connectivity index (χ2v) is 6.50. The topological polar surface area (TPSA) is 12.0 Å². The van der Waals surface area contributed by atoms with E-state index in [4.69, 9.17) is 11.6 Å². The van der Waals surface area contributed by atoms with Crippen molar-refractivity contribution in [1.29, 1.82) is 0 Å². The van der Waals surface area contributed by atoms with Gasteiger partial charge in [-0.05, 0) is 49.5 Å². The van der Waals surface area contributed by atoms with Crippen LogP contribution >= 0.6 is 11.6 Å². The lowest BCUT2D eigenvalue weighted by atomic mass is 9.93. The quantitative estimate of drug-likeness (QED) is 0.477. The number of halogens is 1. The van der Waals surface area contributed by atoms with Crippen molar-refractivity contribution in [2.75, 3.05) is 13.1 Å². The highest BCUT2D eigenvalue weighted by atomic mass is 35.5. The molecule has 1 atom stereocenters. The maximum absolute atomic E-state index is 6.09. The molecule has 0 aromatic heterocycles. The molecular formula is C19H32ClN. The van der Waals surface area contributed by atoms with Crippen LogP contribution in [0.2, 0.25) is 5.02 Å². The Morgan fingerprint density at radius 1 is 1.05 bits per heavy atom. The van der Waals surface area contributed by atoms with Gasteiger partial charge in [0.1, 0.15) is 0 Å². The molecule has 0 heterocycles. The van der Waals surface area contributed by atoms with Gasteiger partial charge in [0.2, 0.25) is 0 Å². The van der Waals surface area contributed by atoms with Gasteiger partial charge in [0, 0.05) is 5.02 Å². The van der Waals surface area contributed by atoms with Gasteiger partial charge in [-0.2, -0.15) is 0 Å². The fourth-order valence-corrected chi connectivity index (χ4v) is 3.05. The van der Waals surface area contributed by atoms with E-state index in [1.165, 1.54) is 50.5 Å². The lowest BCUT2D eigenvalue weighted by molar-refractivity contribution is 0.424. The Morgan fingerprint density at radius 3 is 2.52 bits per heavy atom. The molecular weight excluding hydrogens is 278 g/mol. The molecule has 1 rings (SSSR count). The maximum atomic E-state index is 6.09. The molecule has 0 fully saturated rings. The van der Waals surface area contributed by atoms with Crippen molar-refractivity contribution < 1.29 is 0 Å². The second kappa shape index (κ2) is 12.1. The molecule has 21 heavy (non-hydrogen) atoms. The van der Waals surface area contributed by atoms with E-state index in [1.807, 2.05) is 6.07 Å². The Labute approximate surface area is 136 Å². The van der Waals surface area contributed by atoms with Crippen molar-refractivity contribution in [2.24, 2.45) is 5.92 Å². The van der Waals surface area contributed by atoms with Crippen LogP contribution in [0.1, 0.15) is 64.4 Å². The second-order valence-electron chi connectivity index (χ2n) is 6.06. The molecule has 0 bridgehead atoms. The molecule has 0 aliphatic rings. The predicted octanol–water partition coefficient (Wildman–Crippen LogP) is 5.86. The summed E-state index contributed by atoms with van der Waals surface area (Å²) in [5, 5.41) is 4.37. The molecule has 1 nitrogen and oxygen atoms in total. The van der Waals surface area contributed by atoms with Crippen molar-refractivity contribution >= 4 is 11.6 Å². The minimum Gasteiger partial charge on any atom is -0.317 e. The Bertz CT molecular complexity index is 364. The summed E-state index contributed by atoms with van der Waals surface area (Å²) in [5.41, 5.74) is 1.37. The molecule has 0 saturated heterocycles. The first-order valence-electron chi connectivity index (χ1n) is 8.71. The molecule has 1 N–H and O–H groups in total. The van der Waals surface area contributed by atoms with Crippen LogP contribution in [0.15, 0.2) is 24.3 Å². The van der Waals surface area contributed by atoms with Crippen molar-refractivity contribution in [3.05, 3.63) is 34.9 Å². The first kappa shape index (κ1) is 18.5. The van der Waals surface area contributed by atoms with Gasteiger partial charge in [-0.15, -0.1) is 0 Å².